The molecule has 0 unspecified atom stereocenters. The quantitative estimate of drug-likeness (QED) is 0.334. The van der Waals surface area contributed by atoms with Crippen LogP contribution < -0.4 is 9.47 Å². The maximum atomic E-state index is 13.1. The second kappa shape index (κ2) is 8.35. The fourth-order valence-electron chi connectivity index (χ4n) is 3.35. The number of carbonyl (C=O) groups is 2. The number of ether oxygens (including phenoxy) is 2. The summed E-state index contributed by atoms with van der Waals surface area (Å²) in [4.78, 5) is 36.1. The van der Waals surface area contributed by atoms with E-state index in [1.165, 1.54) is 38.5 Å². The SMILES string of the molecule is C=C(C(=O)c1ccc(C(=O)O)cc1)c1cc(-c2nc3ncccc3[nH]2)c(OC)cc1OC. The number of nitrogens with one attached hydrogen (secondary N) is 1. The molecule has 2 heterocycles. The highest BCUT2D eigenvalue weighted by molar-refractivity contribution is 6.29. The Morgan fingerprint density at radius 3 is 2.31 bits per heavy atom. The van der Waals surface area contributed by atoms with Crippen LogP contribution in [0.2, 0.25) is 0 Å². The highest BCUT2D eigenvalue weighted by atomic mass is 16.5. The fourth-order valence-corrected chi connectivity index (χ4v) is 3.35. The van der Waals surface area contributed by atoms with Gasteiger partial charge in [-0.15, -0.1) is 0 Å². The molecule has 0 aliphatic rings. The van der Waals surface area contributed by atoms with Crippen LogP contribution >= 0.6 is 0 Å². The number of carboxylic acids is 1. The molecule has 0 aliphatic carbocycles. The van der Waals surface area contributed by atoms with Crippen molar-refractivity contribution in [3.8, 4) is 22.9 Å². The van der Waals surface area contributed by atoms with Crippen LogP contribution in [-0.4, -0.2) is 46.0 Å². The van der Waals surface area contributed by atoms with E-state index in [1.54, 1.807) is 24.4 Å². The summed E-state index contributed by atoms with van der Waals surface area (Å²) >= 11 is 0. The molecule has 2 aromatic heterocycles. The summed E-state index contributed by atoms with van der Waals surface area (Å²) in [6.45, 7) is 3.97. The van der Waals surface area contributed by atoms with Gasteiger partial charge in [-0.1, -0.05) is 18.7 Å². The number of allylic oxidation sites excluding steroid dienone is 1. The van der Waals surface area contributed by atoms with Crippen molar-refractivity contribution < 1.29 is 24.2 Å². The van der Waals surface area contributed by atoms with Crippen molar-refractivity contribution in [1.29, 1.82) is 0 Å². The number of aromatic amines is 1. The Labute approximate surface area is 183 Å². The van der Waals surface area contributed by atoms with E-state index in [-0.39, 0.29) is 16.9 Å². The molecule has 0 fully saturated rings. The largest absolute Gasteiger partial charge is 0.496 e. The number of carboxylic acid groups (broad SMARTS) is 1. The highest BCUT2D eigenvalue weighted by Crippen LogP contribution is 2.38. The van der Waals surface area contributed by atoms with E-state index >= 15 is 0 Å². The highest BCUT2D eigenvalue weighted by Gasteiger charge is 2.21. The van der Waals surface area contributed by atoms with Crippen LogP contribution in [0.3, 0.4) is 0 Å². The van der Waals surface area contributed by atoms with E-state index in [2.05, 4.69) is 21.5 Å². The van der Waals surface area contributed by atoms with Gasteiger partial charge < -0.3 is 19.6 Å². The average Bonchev–Trinajstić information content (AvgIpc) is 3.26. The summed E-state index contributed by atoms with van der Waals surface area (Å²) in [5.41, 5.74) is 2.97. The van der Waals surface area contributed by atoms with Gasteiger partial charge in [0.15, 0.2) is 11.4 Å². The van der Waals surface area contributed by atoms with Gasteiger partial charge in [-0.2, -0.15) is 0 Å². The Morgan fingerprint density at radius 1 is 1.00 bits per heavy atom. The monoisotopic (exact) mass is 429 g/mol. The number of pyridine rings is 1. The first-order valence-electron chi connectivity index (χ1n) is 9.57. The van der Waals surface area contributed by atoms with Crippen LogP contribution in [-0.2, 0) is 0 Å². The number of methoxy groups -OCH3 is 2. The zero-order valence-corrected chi connectivity index (χ0v) is 17.4. The fraction of sp³-hybridized carbons (Fsp3) is 0.0833. The summed E-state index contributed by atoms with van der Waals surface area (Å²) in [6, 6.07) is 12.7. The van der Waals surface area contributed by atoms with Gasteiger partial charge in [-0.05, 0) is 30.3 Å². The minimum Gasteiger partial charge on any atom is -0.496 e. The van der Waals surface area contributed by atoms with Crippen LogP contribution in [0, 0.1) is 0 Å². The zero-order valence-electron chi connectivity index (χ0n) is 17.4. The number of aromatic nitrogens is 3. The number of hydrogen-bond donors (Lipinski definition) is 2. The third-order valence-electron chi connectivity index (χ3n) is 5.03. The van der Waals surface area contributed by atoms with E-state index in [4.69, 9.17) is 14.6 Å². The van der Waals surface area contributed by atoms with Crippen molar-refractivity contribution in [2.75, 3.05) is 14.2 Å². The molecule has 0 spiro atoms. The normalized spacial score (nSPS) is 10.7. The lowest BCUT2D eigenvalue weighted by Gasteiger charge is -2.15. The molecule has 160 valence electrons. The van der Waals surface area contributed by atoms with Gasteiger partial charge in [0.2, 0.25) is 0 Å². The minimum absolute atomic E-state index is 0.0926. The Hall–Kier alpha value is -4.46. The van der Waals surface area contributed by atoms with Gasteiger partial charge in [0.05, 0.1) is 30.9 Å². The first-order chi connectivity index (χ1) is 15.4. The smallest absolute Gasteiger partial charge is 0.335 e. The Kier molecular flexibility index (Phi) is 5.43. The number of aromatic carboxylic acids is 1. The van der Waals surface area contributed by atoms with E-state index in [0.717, 1.165) is 5.52 Å². The number of hydrogen-bond acceptors (Lipinski definition) is 6. The van der Waals surface area contributed by atoms with Gasteiger partial charge >= 0.3 is 5.97 Å². The molecule has 2 N–H and O–H groups in total. The lowest BCUT2D eigenvalue weighted by molar-refractivity contribution is 0.0696. The molecule has 0 saturated heterocycles. The van der Waals surface area contributed by atoms with Crippen LogP contribution in [0.15, 0.2) is 61.3 Å². The van der Waals surface area contributed by atoms with E-state index in [9.17, 15) is 9.59 Å². The third-order valence-corrected chi connectivity index (χ3v) is 5.03. The molecular formula is C24H19N3O5. The number of benzene rings is 2. The minimum atomic E-state index is -1.07. The average molecular weight is 429 g/mol. The summed E-state index contributed by atoms with van der Waals surface area (Å²) < 4.78 is 11.0. The molecule has 4 aromatic rings. The van der Waals surface area contributed by atoms with Crippen LogP contribution in [0.1, 0.15) is 26.3 Å². The van der Waals surface area contributed by atoms with Gasteiger partial charge in [0.25, 0.3) is 0 Å². The second-order valence-electron chi connectivity index (χ2n) is 6.90. The Balaban J connectivity index is 1.78. The first-order valence-corrected chi connectivity index (χ1v) is 9.57. The third kappa shape index (κ3) is 3.69. The summed E-state index contributed by atoms with van der Waals surface area (Å²) in [6.07, 6.45) is 1.65. The maximum Gasteiger partial charge on any atom is 0.335 e. The van der Waals surface area contributed by atoms with Crippen LogP contribution in [0.5, 0.6) is 11.5 Å². The van der Waals surface area contributed by atoms with E-state index in [0.29, 0.717) is 39.7 Å². The van der Waals surface area contributed by atoms with Crippen molar-refractivity contribution in [3.05, 3.63) is 78.0 Å². The summed E-state index contributed by atoms with van der Waals surface area (Å²) in [7, 11) is 3.02. The van der Waals surface area contributed by atoms with Crippen molar-refractivity contribution in [2.45, 2.75) is 0 Å². The van der Waals surface area contributed by atoms with Gasteiger partial charge in [-0.3, -0.25) is 4.79 Å². The summed E-state index contributed by atoms with van der Waals surface area (Å²) in [5, 5.41) is 9.07. The number of imidazole rings is 1. The maximum absolute atomic E-state index is 13.1. The first kappa shape index (κ1) is 20.8. The predicted octanol–water partition coefficient (Wildman–Crippen LogP) is 4.24. The van der Waals surface area contributed by atoms with Crippen LogP contribution in [0.25, 0.3) is 28.1 Å². The number of carbonyl (C=O) groups excluding carboxylic acids is 1. The Morgan fingerprint density at radius 2 is 1.69 bits per heavy atom. The van der Waals surface area contributed by atoms with Crippen molar-refractivity contribution in [3.63, 3.8) is 0 Å². The van der Waals surface area contributed by atoms with E-state index < -0.39 is 5.97 Å². The van der Waals surface area contributed by atoms with E-state index in [1.807, 2.05) is 6.07 Å². The zero-order chi connectivity index (χ0) is 22.8. The lowest BCUT2D eigenvalue weighted by Crippen LogP contribution is -2.05. The number of ketones is 1. The van der Waals surface area contributed by atoms with Gasteiger partial charge in [0.1, 0.15) is 17.3 Å². The molecule has 2 aromatic carbocycles. The number of Topliss-reactive ketones (excluding diaryl/α,β-unsaturated/α-hetero) is 1. The molecule has 0 radical (unpaired) electrons. The van der Waals surface area contributed by atoms with Crippen molar-refractivity contribution in [2.24, 2.45) is 0 Å². The lowest BCUT2D eigenvalue weighted by atomic mass is 9.95. The molecule has 8 heteroatoms. The van der Waals surface area contributed by atoms with Crippen LogP contribution in [0.4, 0.5) is 0 Å². The Bertz CT molecular complexity index is 1320. The topological polar surface area (TPSA) is 114 Å². The van der Waals surface area contributed by atoms with Gasteiger partial charge in [-0.25, -0.2) is 14.8 Å². The van der Waals surface area contributed by atoms with Crippen molar-refractivity contribution in [1.82, 2.24) is 15.0 Å². The standard InChI is InChI=1S/C24H19N3O5/c1-13(21(28)14-6-8-15(9-7-14)24(29)30)16-11-17(20(32-3)12-19(16)31-2)22-26-18-5-4-10-25-23(18)27-22/h4-12H,1H2,2-3H3,(H,29,30)(H,25,26,27). The molecule has 4 rings (SSSR count). The molecule has 0 atom stereocenters. The molecule has 8 nitrogen and oxygen atoms in total. The number of fused-ring (bicyclic) bond motifs is 1. The van der Waals surface area contributed by atoms with Gasteiger partial charge in [0, 0.05) is 29.0 Å². The number of rotatable bonds is 7. The second-order valence-corrected chi connectivity index (χ2v) is 6.90. The number of H-pyrrole nitrogens is 1. The molecule has 0 bridgehead atoms. The molecule has 0 aliphatic heterocycles. The molecular weight excluding hydrogens is 410 g/mol. The molecule has 0 amide bonds. The number of nitrogens with zero attached hydrogens (tertiary/aromatic N) is 2. The summed E-state index contributed by atoms with van der Waals surface area (Å²) in [5.74, 6) is -0.00573. The molecule has 32 heavy (non-hydrogen) atoms. The van der Waals surface area contributed by atoms with Crippen molar-refractivity contribution >= 4 is 28.5 Å². The molecule has 0 saturated carbocycles. The predicted molar refractivity (Wildman–Crippen MR) is 119 cm³/mol.